The zero-order chi connectivity index (χ0) is 30.8. The van der Waals surface area contributed by atoms with Crippen LogP contribution < -0.4 is 14.4 Å². The molecule has 2 amide bonds. The molecule has 224 valence electrons. The van der Waals surface area contributed by atoms with Gasteiger partial charge in [-0.3, -0.25) is 13.9 Å². The van der Waals surface area contributed by atoms with Gasteiger partial charge in [-0.05, 0) is 66.9 Å². The van der Waals surface area contributed by atoms with Gasteiger partial charge in [-0.15, -0.1) is 0 Å². The number of likely N-dealkylation sites (N-methyl/N-ethyl adjacent to an activating group) is 1. The molecule has 4 aromatic rings. The van der Waals surface area contributed by atoms with Gasteiger partial charge in [0.25, 0.3) is 10.0 Å². The third-order valence-electron chi connectivity index (χ3n) is 7.17. The molecule has 1 N–H and O–H groups in total. The molecule has 0 spiro atoms. The van der Waals surface area contributed by atoms with E-state index in [4.69, 9.17) is 4.74 Å². The van der Waals surface area contributed by atoms with Gasteiger partial charge in [0.1, 0.15) is 18.3 Å². The molecule has 9 heteroatoms. The second-order valence-corrected chi connectivity index (χ2v) is 11.9. The van der Waals surface area contributed by atoms with Gasteiger partial charge in [-0.2, -0.15) is 0 Å². The van der Waals surface area contributed by atoms with Crippen LogP contribution in [0.2, 0.25) is 0 Å². The first-order valence-corrected chi connectivity index (χ1v) is 15.6. The lowest BCUT2D eigenvalue weighted by molar-refractivity contribution is -0.139. The van der Waals surface area contributed by atoms with Gasteiger partial charge in [-0.25, -0.2) is 8.42 Å². The summed E-state index contributed by atoms with van der Waals surface area (Å²) in [6.45, 7) is 3.86. The predicted octanol–water partition coefficient (Wildman–Crippen LogP) is 4.98. The van der Waals surface area contributed by atoms with Crippen LogP contribution in [-0.4, -0.2) is 51.4 Å². The van der Waals surface area contributed by atoms with E-state index in [1.54, 1.807) is 42.5 Å². The van der Waals surface area contributed by atoms with Crippen molar-refractivity contribution in [3.05, 3.63) is 126 Å². The highest BCUT2D eigenvalue weighted by Gasteiger charge is 2.34. The van der Waals surface area contributed by atoms with E-state index < -0.39 is 28.5 Å². The van der Waals surface area contributed by atoms with Crippen molar-refractivity contribution in [3.63, 3.8) is 0 Å². The maximum Gasteiger partial charge on any atom is 0.264 e. The second-order valence-electron chi connectivity index (χ2n) is 10.0. The van der Waals surface area contributed by atoms with Crippen LogP contribution in [0.15, 0.2) is 114 Å². The van der Waals surface area contributed by atoms with E-state index in [1.165, 1.54) is 24.1 Å². The summed E-state index contributed by atoms with van der Waals surface area (Å²) in [6, 6.07) is 30.8. The number of hydrogen-bond acceptors (Lipinski definition) is 5. The number of anilines is 1. The molecule has 1 atom stereocenters. The lowest BCUT2D eigenvalue weighted by Crippen LogP contribution is -2.53. The molecule has 0 bridgehead atoms. The van der Waals surface area contributed by atoms with Crippen molar-refractivity contribution in [3.8, 4) is 5.75 Å². The van der Waals surface area contributed by atoms with Crippen molar-refractivity contribution in [1.29, 1.82) is 0 Å². The van der Waals surface area contributed by atoms with Gasteiger partial charge >= 0.3 is 0 Å². The number of para-hydroxylation sites is 1. The average molecular weight is 600 g/mol. The largest absolute Gasteiger partial charge is 0.494 e. The lowest BCUT2D eigenvalue weighted by Gasteiger charge is -2.34. The lowest BCUT2D eigenvalue weighted by atomic mass is 10.0. The molecule has 4 aromatic carbocycles. The maximum atomic E-state index is 14.3. The zero-order valence-corrected chi connectivity index (χ0v) is 25.5. The molecule has 0 aromatic heterocycles. The third kappa shape index (κ3) is 7.81. The van der Waals surface area contributed by atoms with Crippen molar-refractivity contribution in [2.45, 2.75) is 37.8 Å². The molecule has 43 heavy (non-hydrogen) atoms. The van der Waals surface area contributed by atoms with E-state index in [0.29, 0.717) is 18.0 Å². The Labute approximate surface area is 254 Å². The van der Waals surface area contributed by atoms with Crippen LogP contribution in [0.3, 0.4) is 0 Å². The summed E-state index contributed by atoms with van der Waals surface area (Å²) in [5.74, 6) is -0.305. The first-order valence-electron chi connectivity index (χ1n) is 14.1. The highest BCUT2D eigenvalue weighted by Crippen LogP contribution is 2.26. The summed E-state index contributed by atoms with van der Waals surface area (Å²) in [5.41, 5.74) is 3.02. The number of sulfonamides is 1. The number of ether oxygens (including phenoxy) is 1. The van der Waals surface area contributed by atoms with Gasteiger partial charge in [0, 0.05) is 20.0 Å². The normalized spacial score (nSPS) is 11.8. The summed E-state index contributed by atoms with van der Waals surface area (Å²) in [7, 11) is -2.64. The fourth-order valence-corrected chi connectivity index (χ4v) is 6.23. The predicted molar refractivity (Wildman–Crippen MR) is 168 cm³/mol. The molecular weight excluding hydrogens is 562 g/mol. The van der Waals surface area contributed by atoms with Crippen molar-refractivity contribution >= 4 is 27.5 Å². The number of benzene rings is 4. The van der Waals surface area contributed by atoms with Gasteiger partial charge < -0.3 is 15.0 Å². The molecule has 0 fully saturated rings. The molecule has 0 saturated carbocycles. The molecule has 0 saturated heterocycles. The van der Waals surface area contributed by atoms with E-state index in [2.05, 4.69) is 5.32 Å². The third-order valence-corrected chi connectivity index (χ3v) is 8.95. The van der Waals surface area contributed by atoms with E-state index in [9.17, 15) is 18.0 Å². The molecule has 0 radical (unpaired) electrons. The van der Waals surface area contributed by atoms with Gasteiger partial charge in [-0.1, -0.05) is 72.8 Å². The van der Waals surface area contributed by atoms with E-state index >= 15 is 0 Å². The van der Waals surface area contributed by atoms with Gasteiger partial charge in [0.05, 0.1) is 17.2 Å². The first kappa shape index (κ1) is 31.3. The summed E-state index contributed by atoms with van der Waals surface area (Å²) >= 11 is 0. The summed E-state index contributed by atoms with van der Waals surface area (Å²) < 4.78 is 34.7. The fraction of sp³-hybridized carbons (Fsp3) is 0.235. The van der Waals surface area contributed by atoms with E-state index in [0.717, 1.165) is 21.0 Å². The quantitative estimate of drug-likeness (QED) is 0.234. The summed E-state index contributed by atoms with van der Waals surface area (Å²) in [5, 5.41) is 2.70. The average Bonchev–Trinajstić information content (AvgIpc) is 3.03. The SMILES string of the molecule is CCOc1ccc(S(=O)(=O)N(CC(=O)N(Cc2ccccc2C)[C@@H](Cc2ccccc2)C(=O)NC)c2ccccc2)cc1. The first-order chi connectivity index (χ1) is 20.7. The Morgan fingerprint density at radius 1 is 0.837 bits per heavy atom. The van der Waals surface area contributed by atoms with E-state index in [1.807, 2.05) is 68.4 Å². The van der Waals surface area contributed by atoms with Crippen LogP contribution in [0.4, 0.5) is 5.69 Å². The molecule has 0 aliphatic rings. The van der Waals surface area contributed by atoms with Gasteiger partial charge in [0.2, 0.25) is 11.8 Å². The van der Waals surface area contributed by atoms with Crippen molar-refractivity contribution in [1.82, 2.24) is 10.2 Å². The van der Waals surface area contributed by atoms with Crippen LogP contribution in [0, 0.1) is 6.92 Å². The molecule has 0 unspecified atom stereocenters. The molecular formula is C34H37N3O5S. The Bertz CT molecular complexity index is 1610. The number of carbonyl (C=O) groups excluding carboxylic acids is 2. The number of carbonyl (C=O) groups is 2. The Morgan fingerprint density at radius 2 is 1.44 bits per heavy atom. The monoisotopic (exact) mass is 599 g/mol. The maximum absolute atomic E-state index is 14.3. The number of aryl methyl sites for hydroxylation is 1. The van der Waals surface area contributed by atoms with Crippen LogP contribution >= 0.6 is 0 Å². The summed E-state index contributed by atoms with van der Waals surface area (Å²) in [6.07, 6.45) is 0.259. The van der Waals surface area contributed by atoms with Crippen molar-refractivity contribution in [2.75, 3.05) is 24.5 Å². The minimum Gasteiger partial charge on any atom is -0.494 e. The second kappa shape index (κ2) is 14.5. The van der Waals surface area contributed by atoms with Crippen LogP contribution in [0.5, 0.6) is 5.75 Å². The Morgan fingerprint density at radius 3 is 2.05 bits per heavy atom. The molecule has 0 aliphatic heterocycles. The number of nitrogens with one attached hydrogen (secondary N) is 1. The fourth-order valence-electron chi connectivity index (χ4n) is 4.82. The minimum atomic E-state index is -4.18. The highest BCUT2D eigenvalue weighted by molar-refractivity contribution is 7.92. The smallest absolute Gasteiger partial charge is 0.264 e. The van der Waals surface area contributed by atoms with Gasteiger partial charge in [0.15, 0.2) is 0 Å². The van der Waals surface area contributed by atoms with Crippen molar-refractivity contribution < 1.29 is 22.7 Å². The molecule has 8 nitrogen and oxygen atoms in total. The number of nitrogens with zero attached hydrogens (tertiary/aromatic N) is 2. The zero-order valence-electron chi connectivity index (χ0n) is 24.6. The Hall–Kier alpha value is -4.63. The Balaban J connectivity index is 1.76. The van der Waals surface area contributed by atoms with Crippen molar-refractivity contribution in [2.24, 2.45) is 0 Å². The minimum absolute atomic E-state index is 0.0187. The summed E-state index contributed by atoms with van der Waals surface area (Å²) in [4.78, 5) is 29.2. The highest BCUT2D eigenvalue weighted by atomic mass is 32.2. The molecule has 4 rings (SSSR count). The molecule has 0 heterocycles. The van der Waals surface area contributed by atoms with E-state index in [-0.39, 0.29) is 23.8 Å². The molecule has 0 aliphatic carbocycles. The number of hydrogen-bond donors (Lipinski definition) is 1. The number of rotatable bonds is 13. The Kier molecular flexibility index (Phi) is 10.6. The van der Waals surface area contributed by atoms with Crippen LogP contribution in [0.1, 0.15) is 23.6 Å². The van der Waals surface area contributed by atoms with Crippen LogP contribution in [0.25, 0.3) is 0 Å². The van der Waals surface area contributed by atoms with Crippen LogP contribution in [-0.2, 0) is 32.6 Å². The number of amides is 2. The topological polar surface area (TPSA) is 96.0 Å². The standard InChI is InChI=1S/C34H37N3O5S/c1-4-42-30-19-21-31(22-20-30)43(40,41)37(29-17-9-6-10-18-29)25-33(38)36(24-28-16-12-11-13-26(28)2)32(34(39)35-3)23-27-14-7-5-8-15-27/h5-22,32H,4,23-25H2,1-3H3,(H,35,39)/t32-/m0/s1.